The van der Waals surface area contributed by atoms with E-state index in [0.29, 0.717) is 0 Å². The largest absolute Gasteiger partial charge is 0.344 e. The summed E-state index contributed by atoms with van der Waals surface area (Å²) in [6.45, 7) is 0. The Morgan fingerprint density at radius 1 is 0.500 bits per heavy atom. The lowest BCUT2D eigenvalue weighted by atomic mass is 10.0. The Labute approximate surface area is 306 Å². The maximum absolute atomic E-state index is 5.06. The number of nitrogens with one attached hydrogen (secondary N) is 1. The van der Waals surface area contributed by atoms with Gasteiger partial charge in [-0.2, -0.15) is 0 Å². The van der Waals surface area contributed by atoms with Crippen molar-refractivity contribution in [1.82, 2.24) is 9.88 Å². The van der Waals surface area contributed by atoms with Crippen molar-refractivity contribution in [3.8, 4) is 16.8 Å². The Morgan fingerprint density at radius 3 is 2.08 bits per heavy atom. The van der Waals surface area contributed by atoms with Gasteiger partial charge in [0.05, 0.1) is 11.0 Å². The van der Waals surface area contributed by atoms with E-state index >= 15 is 0 Å². The van der Waals surface area contributed by atoms with Crippen LogP contribution < -0.4 is 5.32 Å². The molecule has 0 spiro atoms. The SMILES string of the molecule is C1=Cc2cc3c4ccccc4n(-c4cccc(-c5cccc(C6=NC(c7ccccc7)=NC(c7ccccc7)N6)c5)c4)c3cc2Sc2ccccc21. The molecule has 0 radical (unpaired) electrons. The number of para-hydroxylation sites is 1. The van der Waals surface area contributed by atoms with Gasteiger partial charge in [-0.3, -0.25) is 0 Å². The van der Waals surface area contributed by atoms with Crippen molar-refractivity contribution in [3.05, 3.63) is 198 Å². The molecule has 4 nitrogen and oxygen atoms in total. The Balaban J connectivity index is 1.06. The van der Waals surface area contributed by atoms with Crippen LogP contribution in [0.25, 0.3) is 50.8 Å². The highest BCUT2D eigenvalue weighted by molar-refractivity contribution is 7.99. The average Bonchev–Trinajstić information content (AvgIpc) is 3.41. The van der Waals surface area contributed by atoms with Crippen molar-refractivity contribution >= 4 is 57.4 Å². The number of rotatable bonds is 5. The fourth-order valence-electron chi connectivity index (χ4n) is 7.31. The molecule has 8 aromatic rings. The van der Waals surface area contributed by atoms with Crippen LogP contribution in [0.4, 0.5) is 0 Å². The molecule has 1 aromatic heterocycles. The van der Waals surface area contributed by atoms with Crippen LogP contribution in [-0.4, -0.2) is 16.2 Å². The first-order valence-corrected chi connectivity index (χ1v) is 18.3. The zero-order valence-corrected chi connectivity index (χ0v) is 29.0. The van der Waals surface area contributed by atoms with Gasteiger partial charge in [0.1, 0.15) is 12.0 Å². The van der Waals surface area contributed by atoms with Crippen molar-refractivity contribution in [2.24, 2.45) is 9.98 Å². The zero-order chi connectivity index (χ0) is 34.4. The lowest BCUT2D eigenvalue weighted by Gasteiger charge is -2.24. The summed E-state index contributed by atoms with van der Waals surface area (Å²) in [4.78, 5) is 12.6. The molecule has 7 aromatic carbocycles. The van der Waals surface area contributed by atoms with Crippen molar-refractivity contribution in [1.29, 1.82) is 0 Å². The molecule has 2 aliphatic rings. The Morgan fingerprint density at radius 2 is 1.19 bits per heavy atom. The maximum Gasteiger partial charge on any atom is 0.159 e. The molecule has 0 saturated carbocycles. The van der Waals surface area contributed by atoms with E-state index in [2.05, 4.69) is 168 Å². The van der Waals surface area contributed by atoms with Crippen LogP contribution in [0.2, 0.25) is 0 Å². The lowest BCUT2D eigenvalue weighted by Crippen LogP contribution is -2.33. The smallest absolute Gasteiger partial charge is 0.159 e. The molecule has 0 bridgehead atoms. The second-order valence-corrected chi connectivity index (χ2v) is 14.2. The van der Waals surface area contributed by atoms with Crippen molar-refractivity contribution < 1.29 is 0 Å². The standard InChI is InChI=1S/C47H32N4S/c1-3-14-32(15-4-1)45-48-46(33-16-5-2-6-17-33)50-47(49-45)37-20-11-18-34(27-37)35-19-12-21-38(28-35)51-41-23-9-8-22-39(41)40-29-36-26-25-31-13-7-10-24-43(31)52-44(36)30-42(40)51/h1-30,45H,(H,48,49,50). The highest BCUT2D eigenvalue weighted by atomic mass is 32.2. The van der Waals surface area contributed by atoms with E-state index in [1.165, 1.54) is 42.7 Å². The minimum absolute atomic E-state index is 0.247. The van der Waals surface area contributed by atoms with Gasteiger partial charge in [-0.25, -0.2) is 9.98 Å². The van der Waals surface area contributed by atoms with Gasteiger partial charge in [-0.1, -0.05) is 151 Å². The van der Waals surface area contributed by atoms with Crippen LogP contribution in [-0.2, 0) is 0 Å². The van der Waals surface area contributed by atoms with Crippen LogP contribution in [0.15, 0.2) is 190 Å². The predicted molar refractivity (Wildman–Crippen MR) is 218 cm³/mol. The second-order valence-electron chi connectivity index (χ2n) is 13.1. The van der Waals surface area contributed by atoms with E-state index in [1.54, 1.807) is 0 Å². The van der Waals surface area contributed by atoms with Gasteiger partial charge >= 0.3 is 0 Å². The molecule has 5 heteroatoms. The third kappa shape index (κ3) is 5.43. The van der Waals surface area contributed by atoms with Gasteiger partial charge < -0.3 is 9.88 Å². The number of hydrogen-bond acceptors (Lipinski definition) is 4. The van der Waals surface area contributed by atoms with Crippen molar-refractivity contribution in [3.63, 3.8) is 0 Å². The second kappa shape index (κ2) is 12.7. The topological polar surface area (TPSA) is 41.7 Å². The van der Waals surface area contributed by atoms with E-state index < -0.39 is 0 Å². The Kier molecular flexibility index (Phi) is 7.43. The number of aliphatic imine (C=N–C) groups is 2. The molecule has 0 fully saturated rings. The number of fused-ring (bicyclic) bond motifs is 5. The van der Waals surface area contributed by atoms with Crippen LogP contribution in [0.5, 0.6) is 0 Å². The average molecular weight is 685 g/mol. The van der Waals surface area contributed by atoms with E-state index in [9.17, 15) is 0 Å². The molecule has 10 rings (SSSR count). The summed E-state index contributed by atoms with van der Waals surface area (Å²) < 4.78 is 2.42. The number of aromatic nitrogens is 1. The zero-order valence-electron chi connectivity index (χ0n) is 28.1. The molecule has 1 unspecified atom stereocenters. The summed E-state index contributed by atoms with van der Waals surface area (Å²) in [7, 11) is 0. The molecule has 0 saturated heterocycles. The third-order valence-electron chi connectivity index (χ3n) is 9.85. The Hall–Kier alpha value is -6.43. The molecule has 1 N–H and O–H groups in total. The van der Waals surface area contributed by atoms with Gasteiger partial charge in [-0.15, -0.1) is 0 Å². The van der Waals surface area contributed by atoms with Crippen LogP contribution in [0.1, 0.15) is 34.0 Å². The highest BCUT2D eigenvalue weighted by Gasteiger charge is 2.22. The van der Waals surface area contributed by atoms with Crippen LogP contribution in [0, 0.1) is 0 Å². The molecule has 0 aliphatic carbocycles. The monoisotopic (exact) mass is 684 g/mol. The maximum atomic E-state index is 5.06. The quantitative estimate of drug-likeness (QED) is 0.196. The first kappa shape index (κ1) is 30.4. The van der Waals surface area contributed by atoms with E-state index in [-0.39, 0.29) is 6.17 Å². The van der Waals surface area contributed by atoms with Crippen LogP contribution >= 0.6 is 11.8 Å². The summed E-state index contributed by atoms with van der Waals surface area (Å²) in [6.07, 6.45) is 4.25. The minimum atomic E-state index is -0.247. The molecule has 0 amide bonds. The summed E-state index contributed by atoms with van der Waals surface area (Å²) in [6, 6.07) is 60.2. The highest BCUT2D eigenvalue weighted by Crippen LogP contribution is 2.42. The molecule has 3 heterocycles. The van der Waals surface area contributed by atoms with Gasteiger partial charge in [0.25, 0.3) is 0 Å². The Bertz CT molecular complexity index is 2740. The fraction of sp³-hybridized carbons (Fsp3) is 0.0213. The van der Waals surface area contributed by atoms with Crippen LogP contribution in [0.3, 0.4) is 0 Å². The van der Waals surface area contributed by atoms with Gasteiger partial charge in [0.15, 0.2) is 5.84 Å². The summed E-state index contributed by atoms with van der Waals surface area (Å²) in [5.41, 5.74) is 11.4. The lowest BCUT2D eigenvalue weighted by molar-refractivity contribution is 0.674. The van der Waals surface area contributed by atoms with Gasteiger partial charge in [0, 0.05) is 37.4 Å². The molecular formula is C47H32N4S. The predicted octanol–water partition coefficient (Wildman–Crippen LogP) is 11.6. The molecule has 1 atom stereocenters. The molecule has 246 valence electrons. The van der Waals surface area contributed by atoms with Crippen molar-refractivity contribution in [2.45, 2.75) is 16.0 Å². The fourth-order valence-corrected chi connectivity index (χ4v) is 8.36. The number of amidine groups is 2. The first-order chi connectivity index (χ1) is 25.7. The van der Waals surface area contributed by atoms with Gasteiger partial charge in [-0.05, 0) is 70.3 Å². The first-order valence-electron chi connectivity index (χ1n) is 17.5. The summed E-state index contributed by atoms with van der Waals surface area (Å²) in [5, 5.41) is 6.13. The van der Waals surface area contributed by atoms with Gasteiger partial charge in [0.2, 0.25) is 0 Å². The summed E-state index contributed by atoms with van der Waals surface area (Å²) in [5.74, 6) is 1.52. The third-order valence-corrected chi connectivity index (χ3v) is 11.0. The van der Waals surface area contributed by atoms with Crippen molar-refractivity contribution in [2.75, 3.05) is 0 Å². The van der Waals surface area contributed by atoms with E-state index in [4.69, 9.17) is 9.98 Å². The number of hydrogen-bond donors (Lipinski definition) is 1. The normalized spacial score (nSPS) is 15.0. The van der Waals surface area contributed by atoms with E-state index in [0.717, 1.165) is 45.2 Å². The van der Waals surface area contributed by atoms with E-state index in [1.807, 2.05) is 36.0 Å². The minimum Gasteiger partial charge on any atom is -0.344 e. The number of nitrogens with zero attached hydrogens (tertiary/aromatic N) is 3. The number of benzene rings is 7. The molecule has 52 heavy (non-hydrogen) atoms. The molecule has 2 aliphatic heterocycles. The summed E-state index contributed by atoms with van der Waals surface area (Å²) >= 11 is 1.84. The molecular weight excluding hydrogens is 653 g/mol.